The molecule has 1 heterocycles. The lowest BCUT2D eigenvalue weighted by Gasteiger charge is -2.33. The topological polar surface area (TPSA) is 98.7 Å². The molecule has 3 N–H and O–H groups in total. The highest BCUT2D eigenvalue weighted by molar-refractivity contribution is 7.20. The van der Waals surface area contributed by atoms with Crippen LogP contribution in [0, 0.1) is 0 Å². The van der Waals surface area contributed by atoms with Gasteiger partial charge in [0.15, 0.2) is 0 Å². The number of benzene rings is 2. The summed E-state index contributed by atoms with van der Waals surface area (Å²) >= 11 is 13.6. The van der Waals surface area contributed by atoms with Gasteiger partial charge in [-0.2, -0.15) is 0 Å². The second-order valence-electron chi connectivity index (χ2n) is 8.51. The average molecular weight is 546 g/mol. The van der Waals surface area contributed by atoms with Crippen LogP contribution in [0.2, 0.25) is 10.0 Å². The summed E-state index contributed by atoms with van der Waals surface area (Å²) in [5.41, 5.74) is 1.37. The Morgan fingerprint density at radius 3 is 2.25 bits per heavy atom. The normalized spacial score (nSPS) is 13.7. The number of nitrogens with one attached hydrogen (secondary N) is 2. The Balaban J connectivity index is 1.67. The third kappa shape index (κ3) is 6.19. The summed E-state index contributed by atoms with van der Waals surface area (Å²) in [5.74, 6) is -1.50. The van der Waals surface area contributed by atoms with Gasteiger partial charge < -0.3 is 15.3 Å². The molecule has 10 heteroatoms. The number of thiophene rings is 1. The Kier molecular flexibility index (Phi) is 8.51. The van der Waals surface area contributed by atoms with Gasteiger partial charge in [-0.15, -0.1) is 11.3 Å². The Morgan fingerprint density at radius 1 is 0.944 bits per heavy atom. The van der Waals surface area contributed by atoms with Crippen molar-refractivity contribution in [3.8, 4) is 10.4 Å². The van der Waals surface area contributed by atoms with E-state index in [1.807, 2.05) is 30.3 Å². The van der Waals surface area contributed by atoms with Gasteiger partial charge in [-0.1, -0.05) is 78.9 Å². The first-order valence-electron chi connectivity index (χ1n) is 11.6. The van der Waals surface area contributed by atoms with Crippen molar-refractivity contribution in [1.29, 1.82) is 0 Å². The zero-order chi connectivity index (χ0) is 25.7. The fraction of sp³-hybridized carbons (Fsp3) is 0.269. The lowest BCUT2D eigenvalue weighted by Crippen LogP contribution is -2.44. The summed E-state index contributed by atoms with van der Waals surface area (Å²) < 4.78 is 0. The Bertz CT molecular complexity index is 1240. The molecule has 1 aliphatic carbocycles. The molecule has 0 spiro atoms. The van der Waals surface area contributed by atoms with E-state index < -0.39 is 24.5 Å². The van der Waals surface area contributed by atoms with Crippen molar-refractivity contribution in [3.63, 3.8) is 0 Å². The van der Waals surface area contributed by atoms with Crippen LogP contribution in [0.3, 0.4) is 0 Å². The number of carboxylic acid groups (broad SMARTS) is 1. The van der Waals surface area contributed by atoms with Gasteiger partial charge in [0.2, 0.25) is 0 Å². The predicted molar refractivity (Wildman–Crippen MR) is 144 cm³/mol. The van der Waals surface area contributed by atoms with Crippen molar-refractivity contribution < 1.29 is 19.5 Å². The molecular weight excluding hydrogens is 521 g/mol. The zero-order valence-electron chi connectivity index (χ0n) is 19.3. The molecule has 0 atom stereocenters. The van der Waals surface area contributed by atoms with Crippen LogP contribution in [0.15, 0.2) is 54.6 Å². The Morgan fingerprint density at radius 2 is 1.61 bits per heavy atom. The van der Waals surface area contributed by atoms with Crippen LogP contribution in [0.1, 0.15) is 42.5 Å². The number of hydrogen-bond donors (Lipinski definition) is 3. The van der Waals surface area contributed by atoms with E-state index in [4.69, 9.17) is 23.2 Å². The molecule has 0 radical (unpaired) electrons. The molecule has 188 valence electrons. The largest absolute Gasteiger partial charge is 0.480 e. The zero-order valence-corrected chi connectivity index (χ0v) is 21.6. The van der Waals surface area contributed by atoms with Gasteiger partial charge >= 0.3 is 12.0 Å². The number of aliphatic carboxylic acids is 1. The molecule has 1 aliphatic rings. The summed E-state index contributed by atoms with van der Waals surface area (Å²) in [6.07, 6.45) is 4.46. The first-order valence-corrected chi connectivity index (χ1v) is 13.1. The third-order valence-corrected chi connectivity index (χ3v) is 7.76. The lowest BCUT2D eigenvalue weighted by molar-refractivity contribution is -0.138. The van der Waals surface area contributed by atoms with E-state index >= 15 is 0 Å². The Labute approximate surface area is 223 Å². The van der Waals surface area contributed by atoms with Gasteiger partial charge in [0.1, 0.15) is 11.5 Å². The molecule has 36 heavy (non-hydrogen) atoms. The number of anilines is 2. The molecular formula is C26H25Cl2N3O4S. The van der Waals surface area contributed by atoms with E-state index in [1.54, 1.807) is 24.3 Å². The minimum atomic E-state index is -1.08. The highest BCUT2D eigenvalue weighted by Gasteiger charge is 2.31. The fourth-order valence-electron chi connectivity index (χ4n) is 4.31. The Hall–Kier alpha value is -3.07. The van der Waals surface area contributed by atoms with Crippen molar-refractivity contribution in [2.24, 2.45) is 0 Å². The molecule has 0 unspecified atom stereocenters. The second-order valence-corrected chi connectivity index (χ2v) is 10.4. The van der Waals surface area contributed by atoms with Gasteiger partial charge in [0, 0.05) is 10.9 Å². The molecule has 3 aromatic rings. The molecule has 0 aliphatic heterocycles. The standard InChI is InChI=1S/C26H25Cl2N3O4S/c27-19-12-7-13-20(28)23(19)29-26(35)30-24-18(14-21(36-24)16-8-3-1-4-9-16)25(34)31(15-22(32)33)17-10-5-2-6-11-17/h1,3-4,7-9,12-14,17H,2,5-6,10-11,15H2,(H,32,33)(H2,29,30,35). The number of hydrogen-bond acceptors (Lipinski definition) is 4. The number of para-hydroxylation sites is 1. The molecule has 2 aromatic carbocycles. The summed E-state index contributed by atoms with van der Waals surface area (Å²) in [4.78, 5) is 40.5. The van der Waals surface area contributed by atoms with E-state index in [2.05, 4.69) is 10.6 Å². The maximum absolute atomic E-state index is 13.7. The maximum Gasteiger partial charge on any atom is 0.324 e. The van der Waals surface area contributed by atoms with Crippen LogP contribution < -0.4 is 10.6 Å². The molecule has 1 saturated carbocycles. The highest BCUT2D eigenvalue weighted by atomic mass is 35.5. The van der Waals surface area contributed by atoms with Crippen molar-refractivity contribution >= 4 is 63.1 Å². The van der Waals surface area contributed by atoms with Crippen molar-refractivity contribution in [3.05, 3.63) is 70.2 Å². The SMILES string of the molecule is O=C(O)CN(C(=O)c1cc(-c2ccccc2)sc1NC(=O)Nc1c(Cl)cccc1Cl)C1CCCCC1. The molecule has 4 rings (SSSR count). The molecule has 7 nitrogen and oxygen atoms in total. The minimum Gasteiger partial charge on any atom is -0.480 e. The van der Waals surface area contributed by atoms with Gasteiger partial charge in [0.25, 0.3) is 5.91 Å². The highest BCUT2D eigenvalue weighted by Crippen LogP contribution is 2.38. The van der Waals surface area contributed by atoms with Crippen LogP contribution in [-0.4, -0.2) is 40.5 Å². The van der Waals surface area contributed by atoms with E-state index in [0.717, 1.165) is 42.5 Å². The molecule has 0 bridgehead atoms. The van der Waals surface area contributed by atoms with Crippen molar-refractivity contribution in [1.82, 2.24) is 4.90 Å². The summed E-state index contributed by atoms with van der Waals surface area (Å²) in [7, 11) is 0. The molecule has 1 fully saturated rings. The van der Waals surface area contributed by atoms with Gasteiger partial charge in [-0.05, 0) is 36.6 Å². The summed E-state index contributed by atoms with van der Waals surface area (Å²) in [6, 6.07) is 15.3. The first-order chi connectivity index (χ1) is 17.3. The number of halogens is 2. The van der Waals surface area contributed by atoms with Crippen LogP contribution in [0.5, 0.6) is 0 Å². The number of carboxylic acids is 1. The van der Waals surface area contributed by atoms with Crippen LogP contribution in [-0.2, 0) is 4.79 Å². The van der Waals surface area contributed by atoms with Gasteiger partial charge in [-0.25, -0.2) is 4.79 Å². The van der Waals surface area contributed by atoms with Crippen LogP contribution in [0.4, 0.5) is 15.5 Å². The van der Waals surface area contributed by atoms with Crippen LogP contribution in [0.25, 0.3) is 10.4 Å². The predicted octanol–water partition coefficient (Wildman–Crippen LogP) is 7.23. The van der Waals surface area contributed by atoms with Crippen molar-refractivity contribution in [2.45, 2.75) is 38.1 Å². The summed E-state index contributed by atoms with van der Waals surface area (Å²) in [5, 5.41) is 15.8. The average Bonchev–Trinajstić information content (AvgIpc) is 3.29. The number of amides is 3. The number of carbonyl (C=O) groups is 3. The number of carbonyl (C=O) groups excluding carboxylic acids is 2. The van der Waals surface area contributed by atoms with Crippen LogP contribution >= 0.6 is 34.5 Å². The second kappa shape index (κ2) is 11.8. The third-order valence-electron chi connectivity index (χ3n) is 6.03. The van der Waals surface area contributed by atoms with E-state index in [-0.39, 0.29) is 27.3 Å². The van der Waals surface area contributed by atoms with Gasteiger partial charge in [0.05, 0.1) is 21.3 Å². The van der Waals surface area contributed by atoms with Gasteiger partial charge in [-0.3, -0.25) is 14.9 Å². The van der Waals surface area contributed by atoms with E-state index in [9.17, 15) is 19.5 Å². The quantitative estimate of drug-likeness (QED) is 0.291. The maximum atomic E-state index is 13.7. The monoisotopic (exact) mass is 545 g/mol. The van der Waals surface area contributed by atoms with E-state index in [1.165, 1.54) is 16.2 Å². The van der Waals surface area contributed by atoms with Crippen molar-refractivity contribution in [2.75, 3.05) is 17.2 Å². The fourth-order valence-corrected chi connectivity index (χ4v) is 5.85. The lowest BCUT2D eigenvalue weighted by atomic mass is 9.93. The molecule has 3 amide bonds. The summed E-state index contributed by atoms with van der Waals surface area (Å²) in [6.45, 7) is -0.402. The number of nitrogens with zero attached hydrogens (tertiary/aromatic N) is 1. The molecule has 0 saturated heterocycles. The smallest absolute Gasteiger partial charge is 0.324 e. The molecule has 1 aromatic heterocycles. The minimum absolute atomic E-state index is 0.161. The number of urea groups is 1. The van der Waals surface area contributed by atoms with E-state index in [0.29, 0.717) is 5.00 Å². The number of rotatable bonds is 7. The first kappa shape index (κ1) is 26.0.